The highest BCUT2D eigenvalue weighted by atomic mass is 19.4. The molecule has 0 aliphatic carbocycles. The number of alkyl halides is 3. The standard InChI is InChI=1S/C21H16F3N5O3/c1-12-19(14-4-2-3-5-15(14)27-12)20(31)32-9-18(30)28-16-8-13(21(22,23)24)6-7-17(16)29-11-25-10-26-29/h2-8,10-11,27H,9H2,1H3,(H,28,30). The van der Waals surface area contributed by atoms with Gasteiger partial charge in [-0.3, -0.25) is 4.79 Å². The normalized spacial score (nSPS) is 11.5. The molecule has 0 atom stereocenters. The largest absolute Gasteiger partial charge is 0.452 e. The van der Waals surface area contributed by atoms with Crippen molar-refractivity contribution < 1.29 is 27.5 Å². The third-order valence-electron chi connectivity index (χ3n) is 4.70. The Morgan fingerprint density at radius 1 is 1.19 bits per heavy atom. The molecule has 32 heavy (non-hydrogen) atoms. The first kappa shape index (κ1) is 21.1. The second-order valence-electron chi connectivity index (χ2n) is 6.86. The van der Waals surface area contributed by atoms with Gasteiger partial charge in [-0.05, 0) is 31.2 Å². The number of ether oxygens (including phenoxy) is 1. The number of carbonyl (C=O) groups excluding carboxylic acids is 2. The summed E-state index contributed by atoms with van der Waals surface area (Å²) in [7, 11) is 0. The van der Waals surface area contributed by atoms with Crippen LogP contribution >= 0.6 is 0 Å². The van der Waals surface area contributed by atoms with Crippen LogP contribution in [0.1, 0.15) is 21.6 Å². The zero-order chi connectivity index (χ0) is 22.9. The Morgan fingerprint density at radius 2 is 1.97 bits per heavy atom. The highest BCUT2D eigenvalue weighted by Crippen LogP contribution is 2.33. The van der Waals surface area contributed by atoms with Crippen LogP contribution in [0.2, 0.25) is 0 Å². The minimum Gasteiger partial charge on any atom is -0.452 e. The molecule has 0 radical (unpaired) electrons. The van der Waals surface area contributed by atoms with E-state index in [1.807, 2.05) is 6.07 Å². The minimum atomic E-state index is -4.61. The van der Waals surface area contributed by atoms with E-state index in [0.29, 0.717) is 11.1 Å². The third kappa shape index (κ3) is 4.17. The van der Waals surface area contributed by atoms with E-state index in [2.05, 4.69) is 20.4 Å². The number of para-hydroxylation sites is 1. The fourth-order valence-electron chi connectivity index (χ4n) is 3.27. The first-order valence-electron chi connectivity index (χ1n) is 9.34. The fraction of sp³-hybridized carbons (Fsp3) is 0.143. The molecule has 2 heterocycles. The number of amides is 1. The van der Waals surface area contributed by atoms with Gasteiger partial charge in [-0.25, -0.2) is 14.5 Å². The summed E-state index contributed by atoms with van der Waals surface area (Å²) >= 11 is 0. The highest BCUT2D eigenvalue weighted by molar-refractivity contribution is 6.06. The van der Waals surface area contributed by atoms with Gasteiger partial charge in [-0.15, -0.1) is 0 Å². The summed E-state index contributed by atoms with van der Waals surface area (Å²) in [6.07, 6.45) is -2.13. The molecule has 0 unspecified atom stereocenters. The molecule has 0 spiro atoms. The van der Waals surface area contributed by atoms with Crippen LogP contribution in [0.4, 0.5) is 18.9 Å². The van der Waals surface area contributed by atoms with Gasteiger partial charge in [0, 0.05) is 16.6 Å². The van der Waals surface area contributed by atoms with Crippen molar-refractivity contribution in [3.05, 3.63) is 71.9 Å². The number of H-pyrrole nitrogens is 1. The Hall–Kier alpha value is -4.15. The number of fused-ring (bicyclic) bond motifs is 1. The van der Waals surface area contributed by atoms with Gasteiger partial charge in [0.25, 0.3) is 5.91 Å². The Morgan fingerprint density at radius 3 is 2.69 bits per heavy atom. The van der Waals surface area contributed by atoms with Crippen molar-refractivity contribution in [2.45, 2.75) is 13.1 Å². The molecule has 164 valence electrons. The lowest BCUT2D eigenvalue weighted by atomic mass is 10.1. The Labute approximate surface area is 179 Å². The monoisotopic (exact) mass is 443 g/mol. The molecular weight excluding hydrogens is 427 g/mol. The zero-order valence-electron chi connectivity index (χ0n) is 16.6. The average molecular weight is 443 g/mol. The van der Waals surface area contributed by atoms with Crippen molar-refractivity contribution in [1.29, 1.82) is 0 Å². The van der Waals surface area contributed by atoms with Gasteiger partial charge in [-0.2, -0.15) is 18.3 Å². The summed E-state index contributed by atoms with van der Waals surface area (Å²) in [5.41, 5.74) is 0.655. The molecule has 0 aliphatic heterocycles. The number of nitrogens with one attached hydrogen (secondary N) is 2. The molecule has 11 heteroatoms. The first-order valence-corrected chi connectivity index (χ1v) is 9.34. The SMILES string of the molecule is Cc1[nH]c2ccccc2c1C(=O)OCC(=O)Nc1cc(C(F)(F)F)ccc1-n1cncn1. The van der Waals surface area contributed by atoms with Crippen LogP contribution < -0.4 is 5.32 Å². The maximum atomic E-state index is 13.1. The predicted octanol–water partition coefficient (Wildman–Crippen LogP) is 3.87. The number of rotatable bonds is 5. The summed E-state index contributed by atoms with van der Waals surface area (Å²) in [5.74, 6) is -1.54. The van der Waals surface area contributed by atoms with Gasteiger partial charge in [0.05, 0.1) is 22.5 Å². The molecular formula is C21H16F3N5O3. The number of carbonyl (C=O) groups is 2. The number of anilines is 1. The molecule has 4 aromatic rings. The number of hydrogen-bond acceptors (Lipinski definition) is 5. The molecule has 0 saturated heterocycles. The molecule has 2 aromatic carbocycles. The first-order chi connectivity index (χ1) is 15.2. The van der Waals surface area contributed by atoms with Crippen LogP contribution in [-0.2, 0) is 15.7 Å². The smallest absolute Gasteiger partial charge is 0.416 e. The minimum absolute atomic E-state index is 0.158. The molecule has 0 saturated carbocycles. The van der Waals surface area contributed by atoms with Crippen LogP contribution in [-0.4, -0.2) is 38.2 Å². The number of benzene rings is 2. The van der Waals surface area contributed by atoms with Crippen molar-refractivity contribution in [3.8, 4) is 5.69 Å². The van der Waals surface area contributed by atoms with Gasteiger partial charge in [0.1, 0.15) is 12.7 Å². The van der Waals surface area contributed by atoms with E-state index in [1.165, 1.54) is 17.3 Å². The molecule has 0 bridgehead atoms. The van der Waals surface area contributed by atoms with Crippen molar-refractivity contribution in [2.75, 3.05) is 11.9 Å². The van der Waals surface area contributed by atoms with E-state index >= 15 is 0 Å². The number of aromatic nitrogens is 4. The molecule has 2 aromatic heterocycles. The number of aryl methyl sites for hydroxylation is 1. The molecule has 8 nitrogen and oxygen atoms in total. The van der Waals surface area contributed by atoms with Crippen molar-refractivity contribution in [1.82, 2.24) is 19.7 Å². The Kier molecular flexibility index (Phi) is 5.39. The second-order valence-corrected chi connectivity index (χ2v) is 6.86. The number of aromatic amines is 1. The maximum Gasteiger partial charge on any atom is 0.416 e. The predicted molar refractivity (Wildman–Crippen MR) is 108 cm³/mol. The maximum absolute atomic E-state index is 13.1. The van der Waals surface area contributed by atoms with E-state index in [4.69, 9.17) is 4.74 Å². The van der Waals surface area contributed by atoms with E-state index in [-0.39, 0.29) is 16.9 Å². The molecule has 4 rings (SSSR count). The number of hydrogen-bond donors (Lipinski definition) is 2. The van der Waals surface area contributed by atoms with Gasteiger partial charge < -0.3 is 15.0 Å². The van der Waals surface area contributed by atoms with Crippen LogP contribution in [0.3, 0.4) is 0 Å². The topological polar surface area (TPSA) is 102 Å². The van der Waals surface area contributed by atoms with Gasteiger partial charge in [0.15, 0.2) is 6.61 Å². The lowest BCUT2D eigenvalue weighted by molar-refractivity contribution is -0.137. The molecule has 0 aliphatic rings. The van der Waals surface area contributed by atoms with E-state index in [0.717, 1.165) is 23.7 Å². The molecule has 1 amide bonds. The van der Waals surface area contributed by atoms with E-state index in [9.17, 15) is 22.8 Å². The van der Waals surface area contributed by atoms with Crippen molar-refractivity contribution in [2.24, 2.45) is 0 Å². The third-order valence-corrected chi connectivity index (χ3v) is 4.70. The van der Waals surface area contributed by atoms with Crippen molar-refractivity contribution in [3.63, 3.8) is 0 Å². The van der Waals surface area contributed by atoms with Gasteiger partial charge in [-0.1, -0.05) is 18.2 Å². The Bertz CT molecular complexity index is 1300. The summed E-state index contributed by atoms with van der Waals surface area (Å²) < 4.78 is 45.7. The quantitative estimate of drug-likeness (QED) is 0.456. The van der Waals surface area contributed by atoms with Gasteiger partial charge in [0.2, 0.25) is 0 Å². The van der Waals surface area contributed by atoms with Crippen LogP contribution in [0, 0.1) is 6.92 Å². The number of halogens is 3. The van der Waals surface area contributed by atoms with Gasteiger partial charge >= 0.3 is 12.1 Å². The van der Waals surface area contributed by atoms with Crippen molar-refractivity contribution >= 4 is 28.5 Å². The summed E-state index contributed by atoms with van der Waals surface area (Å²) in [6, 6.07) is 9.91. The summed E-state index contributed by atoms with van der Waals surface area (Å²) in [5, 5.41) is 6.87. The summed E-state index contributed by atoms with van der Waals surface area (Å²) in [4.78, 5) is 31.7. The second kappa shape index (κ2) is 8.17. The Balaban J connectivity index is 1.52. The van der Waals surface area contributed by atoms with Crippen LogP contribution in [0.15, 0.2) is 55.1 Å². The van der Waals surface area contributed by atoms with E-state index in [1.54, 1.807) is 25.1 Å². The zero-order valence-corrected chi connectivity index (χ0v) is 16.6. The fourth-order valence-corrected chi connectivity index (χ4v) is 3.27. The number of esters is 1. The highest BCUT2D eigenvalue weighted by Gasteiger charge is 2.31. The molecule has 0 fully saturated rings. The van der Waals surface area contributed by atoms with Crippen LogP contribution in [0.5, 0.6) is 0 Å². The lowest BCUT2D eigenvalue weighted by Gasteiger charge is -2.14. The lowest BCUT2D eigenvalue weighted by Crippen LogP contribution is -2.22. The van der Waals surface area contributed by atoms with Crippen LogP contribution in [0.25, 0.3) is 16.6 Å². The average Bonchev–Trinajstić information content (AvgIpc) is 3.38. The number of nitrogens with zero attached hydrogens (tertiary/aromatic N) is 3. The summed E-state index contributed by atoms with van der Waals surface area (Å²) in [6.45, 7) is 1.01. The molecule has 2 N–H and O–H groups in total. The van der Waals surface area contributed by atoms with E-state index < -0.39 is 30.2 Å².